The van der Waals surface area contributed by atoms with Crippen molar-refractivity contribution < 1.29 is 27.5 Å². The van der Waals surface area contributed by atoms with E-state index in [4.69, 9.17) is 4.74 Å². The van der Waals surface area contributed by atoms with Crippen molar-refractivity contribution in [3.05, 3.63) is 53.7 Å². The molecule has 1 spiro atoms. The van der Waals surface area contributed by atoms with Gasteiger partial charge >= 0.3 is 12.2 Å². The Labute approximate surface area is 213 Å². The van der Waals surface area contributed by atoms with E-state index in [-0.39, 0.29) is 30.6 Å². The Balaban J connectivity index is 1.17. The van der Waals surface area contributed by atoms with Gasteiger partial charge in [0.1, 0.15) is 11.4 Å². The molecule has 1 aromatic heterocycles. The third kappa shape index (κ3) is 3.79. The molecule has 0 bridgehead atoms. The zero-order chi connectivity index (χ0) is 26.2. The lowest BCUT2D eigenvalue weighted by atomic mass is 9.64. The van der Waals surface area contributed by atoms with E-state index in [0.717, 1.165) is 42.3 Å². The van der Waals surface area contributed by atoms with E-state index in [9.17, 15) is 22.8 Å². The second-order valence-electron chi connectivity index (χ2n) is 11.5. The molecule has 2 saturated heterocycles. The van der Waals surface area contributed by atoms with Gasteiger partial charge in [0, 0.05) is 24.2 Å². The van der Waals surface area contributed by atoms with Crippen LogP contribution in [0.4, 0.5) is 29.5 Å². The number of carbonyl (C=O) groups excluding carboxylic acids is 2. The Bertz CT molecular complexity index is 1240. The number of rotatable bonds is 6. The maximum atomic E-state index is 13.5. The second-order valence-corrected chi connectivity index (χ2v) is 11.5. The third-order valence-electron chi connectivity index (χ3n) is 8.49. The molecule has 2 aliphatic heterocycles. The lowest BCUT2D eigenvalue weighted by Crippen LogP contribution is -2.56. The van der Waals surface area contributed by atoms with E-state index in [1.165, 1.54) is 29.2 Å². The fraction of sp³-hybridized carbons (Fsp3) is 0.519. The predicted molar refractivity (Wildman–Crippen MR) is 130 cm³/mol. The highest BCUT2D eigenvalue weighted by Gasteiger charge is 2.64. The van der Waals surface area contributed by atoms with Crippen LogP contribution < -0.4 is 10.2 Å². The van der Waals surface area contributed by atoms with Gasteiger partial charge in [0.05, 0.1) is 24.3 Å². The highest BCUT2D eigenvalue weighted by Crippen LogP contribution is 2.59. The van der Waals surface area contributed by atoms with Crippen molar-refractivity contribution in [3.63, 3.8) is 0 Å². The number of anilines is 2. The number of hydrogen-bond donors (Lipinski definition) is 1. The fourth-order valence-electron chi connectivity index (χ4n) is 5.88. The number of ether oxygens (including phenoxy) is 1. The Morgan fingerprint density at radius 3 is 2.32 bits per heavy atom. The molecule has 4 fully saturated rings. The molecule has 3 heterocycles. The molecule has 3 amide bonds. The van der Waals surface area contributed by atoms with Crippen molar-refractivity contribution in [3.8, 4) is 0 Å². The van der Waals surface area contributed by atoms with Crippen molar-refractivity contribution in [2.75, 3.05) is 23.4 Å². The molecule has 6 rings (SSSR count). The summed E-state index contributed by atoms with van der Waals surface area (Å²) in [4.78, 5) is 33.7. The van der Waals surface area contributed by atoms with Gasteiger partial charge in [0.15, 0.2) is 0 Å². The highest BCUT2D eigenvalue weighted by molar-refractivity contribution is 6.22. The topological polar surface area (TPSA) is 74.8 Å². The number of nitrogens with zero attached hydrogens (tertiary/aromatic N) is 3. The molecule has 0 unspecified atom stereocenters. The average molecular weight is 515 g/mol. The largest absolute Gasteiger partial charge is 0.398 e. The van der Waals surface area contributed by atoms with Gasteiger partial charge in [-0.15, -0.1) is 0 Å². The summed E-state index contributed by atoms with van der Waals surface area (Å²) in [6.07, 6.45) is -0.449. The van der Waals surface area contributed by atoms with Gasteiger partial charge in [-0.3, -0.25) is 4.79 Å². The number of aromatic nitrogens is 1. The summed E-state index contributed by atoms with van der Waals surface area (Å²) < 4.78 is 45.8. The van der Waals surface area contributed by atoms with E-state index < -0.39 is 29.1 Å². The minimum Gasteiger partial charge on any atom is -0.380 e. The summed E-state index contributed by atoms with van der Waals surface area (Å²) in [5, 5.41) is 3.45. The number of benzene rings is 1. The Kier molecular flexibility index (Phi) is 5.19. The van der Waals surface area contributed by atoms with Crippen LogP contribution in [0, 0.1) is 5.41 Å². The van der Waals surface area contributed by atoms with Gasteiger partial charge in [-0.2, -0.15) is 13.2 Å². The Morgan fingerprint density at radius 1 is 1.08 bits per heavy atom. The van der Waals surface area contributed by atoms with E-state index >= 15 is 0 Å². The van der Waals surface area contributed by atoms with Crippen LogP contribution in [0.5, 0.6) is 0 Å². The standard InChI is InChI=1S/C27H29F3N4O3/c1-24(2)22(35)34(20-5-3-18(4-6-20)26(8-9-26)27(28,29)30)23(36)33(24)14-17-7-10-31-21(11-17)32-19-12-25(13-19)15-37-16-25/h3-7,10-11,19H,8-9,12-16H2,1-2H3,(H,31,32). The number of urea groups is 1. The van der Waals surface area contributed by atoms with Crippen LogP contribution in [0.25, 0.3) is 0 Å². The van der Waals surface area contributed by atoms with Gasteiger partial charge in [-0.05, 0) is 74.9 Å². The van der Waals surface area contributed by atoms with Crippen molar-refractivity contribution in [2.24, 2.45) is 5.41 Å². The monoisotopic (exact) mass is 514 g/mol. The van der Waals surface area contributed by atoms with Crippen LogP contribution in [0.2, 0.25) is 0 Å². The maximum absolute atomic E-state index is 13.5. The summed E-state index contributed by atoms with van der Waals surface area (Å²) in [6, 6.07) is 9.17. The van der Waals surface area contributed by atoms with Gasteiger partial charge in [0.2, 0.25) is 0 Å². The Hall–Kier alpha value is -3.14. The van der Waals surface area contributed by atoms with Crippen LogP contribution in [0.15, 0.2) is 42.6 Å². The SMILES string of the molecule is CC1(C)C(=O)N(c2ccc(C3(C(F)(F)F)CC3)cc2)C(=O)N1Cc1ccnc(NC2CC3(COC3)C2)c1. The van der Waals surface area contributed by atoms with Crippen LogP contribution in [0.1, 0.15) is 50.7 Å². The van der Waals surface area contributed by atoms with Crippen LogP contribution >= 0.6 is 0 Å². The lowest BCUT2D eigenvalue weighted by molar-refractivity contribution is -0.160. The molecule has 2 saturated carbocycles. The molecule has 10 heteroatoms. The molecular formula is C27H29F3N4O3. The van der Waals surface area contributed by atoms with E-state index in [1.54, 1.807) is 20.0 Å². The molecule has 0 radical (unpaired) electrons. The molecule has 4 aliphatic rings. The quantitative estimate of drug-likeness (QED) is 0.549. The molecule has 7 nitrogen and oxygen atoms in total. The summed E-state index contributed by atoms with van der Waals surface area (Å²) in [7, 11) is 0. The summed E-state index contributed by atoms with van der Waals surface area (Å²) in [5.41, 5.74) is -1.35. The van der Waals surface area contributed by atoms with Gasteiger partial charge in [0.25, 0.3) is 5.91 Å². The van der Waals surface area contributed by atoms with Crippen LogP contribution in [-0.4, -0.2) is 52.8 Å². The van der Waals surface area contributed by atoms with Gasteiger partial charge < -0.3 is 15.0 Å². The number of nitrogens with one attached hydrogen (secondary N) is 1. The lowest BCUT2D eigenvalue weighted by Gasteiger charge is -2.53. The first-order chi connectivity index (χ1) is 17.4. The molecule has 0 atom stereocenters. The number of hydrogen-bond acceptors (Lipinski definition) is 5. The first-order valence-corrected chi connectivity index (χ1v) is 12.6. The number of imide groups is 1. The van der Waals surface area contributed by atoms with Crippen molar-refractivity contribution in [1.82, 2.24) is 9.88 Å². The van der Waals surface area contributed by atoms with Crippen molar-refractivity contribution in [2.45, 2.75) is 69.2 Å². The van der Waals surface area contributed by atoms with Crippen molar-refractivity contribution >= 4 is 23.4 Å². The highest BCUT2D eigenvalue weighted by atomic mass is 19.4. The minimum absolute atomic E-state index is 0.0526. The zero-order valence-corrected chi connectivity index (χ0v) is 20.8. The number of carbonyl (C=O) groups is 2. The first kappa shape index (κ1) is 24.2. The fourth-order valence-corrected chi connectivity index (χ4v) is 5.88. The molecule has 1 aromatic carbocycles. The van der Waals surface area contributed by atoms with Gasteiger partial charge in [-0.25, -0.2) is 14.7 Å². The van der Waals surface area contributed by atoms with Gasteiger partial charge in [-0.1, -0.05) is 12.1 Å². The predicted octanol–water partition coefficient (Wildman–Crippen LogP) is 5.01. The molecule has 196 valence electrons. The van der Waals surface area contributed by atoms with Crippen LogP contribution in [0.3, 0.4) is 0 Å². The number of alkyl halides is 3. The molecule has 37 heavy (non-hydrogen) atoms. The summed E-state index contributed by atoms with van der Waals surface area (Å²) >= 11 is 0. The normalized spacial score (nSPS) is 23.7. The Morgan fingerprint density at radius 2 is 1.76 bits per heavy atom. The van der Waals surface area contributed by atoms with E-state index in [2.05, 4.69) is 10.3 Å². The number of pyridine rings is 1. The number of halogens is 3. The van der Waals surface area contributed by atoms with Crippen molar-refractivity contribution in [1.29, 1.82) is 0 Å². The molecular weight excluding hydrogens is 485 g/mol. The zero-order valence-electron chi connectivity index (χ0n) is 20.8. The maximum Gasteiger partial charge on any atom is 0.398 e. The van der Waals surface area contributed by atoms with E-state index in [1.807, 2.05) is 12.1 Å². The first-order valence-electron chi connectivity index (χ1n) is 12.6. The molecule has 2 aromatic rings. The average Bonchev–Trinajstić information content (AvgIpc) is 3.59. The number of amides is 3. The third-order valence-corrected chi connectivity index (χ3v) is 8.49. The summed E-state index contributed by atoms with van der Waals surface area (Å²) in [5.74, 6) is 0.302. The molecule has 1 N–H and O–H groups in total. The smallest absolute Gasteiger partial charge is 0.380 e. The van der Waals surface area contributed by atoms with E-state index in [0.29, 0.717) is 11.5 Å². The van der Waals surface area contributed by atoms with Crippen LogP contribution in [-0.2, 0) is 21.5 Å². The minimum atomic E-state index is -4.32. The second kappa shape index (κ2) is 7.93. The molecule has 2 aliphatic carbocycles. The summed E-state index contributed by atoms with van der Waals surface area (Å²) in [6.45, 7) is 5.20.